The Morgan fingerprint density at radius 3 is 2.74 bits per heavy atom. The monoisotopic (exact) mass is 258 g/mol. The van der Waals surface area contributed by atoms with Crippen LogP contribution < -0.4 is 9.47 Å². The van der Waals surface area contributed by atoms with Crippen molar-refractivity contribution < 1.29 is 13.9 Å². The zero-order chi connectivity index (χ0) is 13.4. The quantitative estimate of drug-likeness (QED) is 0.815. The van der Waals surface area contributed by atoms with Crippen molar-refractivity contribution in [3.8, 4) is 22.6 Å². The molecule has 2 aromatic carbocycles. The van der Waals surface area contributed by atoms with Crippen LogP contribution in [-0.2, 0) is 6.42 Å². The van der Waals surface area contributed by atoms with Gasteiger partial charge in [0.05, 0.1) is 7.11 Å². The van der Waals surface area contributed by atoms with Crippen LogP contribution in [0.25, 0.3) is 11.1 Å². The Bertz CT molecular complexity index is 622. The predicted octanol–water partition coefficient (Wildman–Crippen LogP) is 3.82. The normalized spacial score (nSPS) is 16.9. The topological polar surface area (TPSA) is 18.5 Å². The third-order valence-electron chi connectivity index (χ3n) is 3.37. The molecule has 2 nitrogen and oxygen atoms in total. The molecule has 0 aliphatic carbocycles. The van der Waals surface area contributed by atoms with Gasteiger partial charge < -0.3 is 9.47 Å². The highest BCUT2D eigenvalue weighted by Gasteiger charge is 2.25. The van der Waals surface area contributed by atoms with Crippen molar-refractivity contribution in [1.29, 1.82) is 0 Å². The van der Waals surface area contributed by atoms with Gasteiger partial charge in [0.2, 0.25) is 0 Å². The summed E-state index contributed by atoms with van der Waals surface area (Å²) in [5.74, 6) is 1.26. The first-order valence-electron chi connectivity index (χ1n) is 6.31. The molecule has 3 heteroatoms. The van der Waals surface area contributed by atoms with E-state index < -0.39 is 0 Å². The first-order valence-corrected chi connectivity index (χ1v) is 6.31. The van der Waals surface area contributed by atoms with E-state index in [1.165, 1.54) is 6.07 Å². The average molecular weight is 258 g/mol. The molecule has 0 radical (unpaired) electrons. The van der Waals surface area contributed by atoms with Gasteiger partial charge in [-0.05, 0) is 25.1 Å². The van der Waals surface area contributed by atoms with Crippen LogP contribution in [0.2, 0.25) is 0 Å². The Kier molecular flexibility index (Phi) is 2.90. The number of rotatable bonds is 2. The Balaban J connectivity index is 2.21. The van der Waals surface area contributed by atoms with Crippen molar-refractivity contribution >= 4 is 0 Å². The summed E-state index contributed by atoms with van der Waals surface area (Å²) in [5.41, 5.74) is 2.38. The van der Waals surface area contributed by atoms with E-state index >= 15 is 0 Å². The van der Waals surface area contributed by atoms with Gasteiger partial charge in [-0.1, -0.05) is 18.2 Å². The SMILES string of the molecule is COc1cc2c(c(-c3ccccc3F)c1)OC(C)C2. The highest BCUT2D eigenvalue weighted by atomic mass is 19.1. The minimum atomic E-state index is -0.249. The first kappa shape index (κ1) is 12.0. The van der Waals surface area contributed by atoms with Crippen LogP contribution >= 0.6 is 0 Å². The molecule has 0 N–H and O–H groups in total. The fourth-order valence-corrected chi connectivity index (χ4v) is 2.50. The van der Waals surface area contributed by atoms with Gasteiger partial charge in [-0.2, -0.15) is 0 Å². The molecule has 0 saturated carbocycles. The van der Waals surface area contributed by atoms with Gasteiger partial charge in [0, 0.05) is 23.1 Å². The number of methoxy groups -OCH3 is 1. The zero-order valence-corrected chi connectivity index (χ0v) is 10.9. The van der Waals surface area contributed by atoms with E-state index in [0.29, 0.717) is 5.56 Å². The highest BCUT2D eigenvalue weighted by Crippen LogP contribution is 2.42. The van der Waals surface area contributed by atoms with Gasteiger partial charge in [-0.15, -0.1) is 0 Å². The van der Waals surface area contributed by atoms with Crippen molar-refractivity contribution in [2.24, 2.45) is 0 Å². The lowest BCUT2D eigenvalue weighted by atomic mass is 9.99. The van der Waals surface area contributed by atoms with Crippen LogP contribution in [0.1, 0.15) is 12.5 Å². The Morgan fingerprint density at radius 2 is 2.00 bits per heavy atom. The van der Waals surface area contributed by atoms with Crippen molar-refractivity contribution in [1.82, 2.24) is 0 Å². The summed E-state index contributed by atoms with van der Waals surface area (Å²) >= 11 is 0. The summed E-state index contributed by atoms with van der Waals surface area (Å²) in [7, 11) is 1.62. The molecule has 2 aromatic rings. The molecule has 0 bridgehead atoms. The lowest BCUT2D eigenvalue weighted by molar-refractivity contribution is 0.255. The minimum absolute atomic E-state index is 0.118. The van der Waals surface area contributed by atoms with Crippen LogP contribution in [0.5, 0.6) is 11.5 Å². The Morgan fingerprint density at radius 1 is 1.21 bits per heavy atom. The van der Waals surface area contributed by atoms with E-state index in [0.717, 1.165) is 29.0 Å². The lowest BCUT2D eigenvalue weighted by Gasteiger charge is -2.12. The van der Waals surface area contributed by atoms with Crippen LogP contribution in [0, 0.1) is 5.82 Å². The molecule has 98 valence electrons. The van der Waals surface area contributed by atoms with Gasteiger partial charge in [0.25, 0.3) is 0 Å². The third kappa shape index (κ3) is 2.05. The third-order valence-corrected chi connectivity index (χ3v) is 3.37. The maximum atomic E-state index is 14.0. The second-order valence-corrected chi connectivity index (χ2v) is 4.78. The molecule has 1 aliphatic rings. The van der Waals surface area contributed by atoms with E-state index in [-0.39, 0.29) is 11.9 Å². The van der Waals surface area contributed by atoms with Crippen molar-refractivity contribution in [2.75, 3.05) is 7.11 Å². The number of benzene rings is 2. The smallest absolute Gasteiger partial charge is 0.131 e. The molecule has 1 heterocycles. The first-order chi connectivity index (χ1) is 9.19. The summed E-state index contributed by atoms with van der Waals surface area (Å²) in [5, 5.41) is 0. The van der Waals surface area contributed by atoms with Crippen molar-refractivity contribution in [2.45, 2.75) is 19.4 Å². The Labute approximate surface area is 111 Å². The largest absolute Gasteiger partial charge is 0.497 e. The van der Waals surface area contributed by atoms with E-state index in [4.69, 9.17) is 9.47 Å². The number of hydrogen-bond donors (Lipinski definition) is 0. The van der Waals surface area contributed by atoms with E-state index in [2.05, 4.69) is 0 Å². The second kappa shape index (κ2) is 4.57. The highest BCUT2D eigenvalue weighted by molar-refractivity contribution is 5.75. The van der Waals surface area contributed by atoms with E-state index in [1.807, 2.05) is 25.1 Å². The molecule has 3 rings (SSSR count). The molecule has 1 atom stereocenters. The van der Waals surface area contributed by atoms with Gasteiger partial charge in [0.15, 0.2) is 0 Å². The number of hydrogen-bond acceptors (Lipinski definition) is 2. The van der Waals surface area contributed by atoms with Gasteiger partial charge >= 0.3 is 0 Å². The summed E-state index contributed by atoms with van der Waals surface area (Å²) in [6.07, 6.45) is 0.946. The van der Waals surface area contributed by atoms with Gasteiger partial charge in [-0.3, -0.25) is 0 Å². The molecule has 0 fully saturated rings. The van der Waals surface area contributed by atoms with Crippen LogP contribution in [0.4, 0.5) is 4.39 Å². The summed E-state index contributed by atoms with van der Waals surface area (Å²) < 4.78 is 25.1. The van der Waals surface area contributed by atoms with Crippen LogP contribution in [0.3, 0.4) is 0 Å². The van der Waals surface area contributed by atoms with Crippen molar-refractivity contribution in [3.05, 3.63) is 47.8 Å². The molecule has 0 saturated heterocycles. The number of ether oxygens (including phenoxy) is 2. The lowest BCUT2D eigenvalue weighted by Crippen LogP contribution is -2.05. The fraction of sp³-hybridized carbons (Fsp3) is 0.250. The zero-order valence-electron chi connectivity index (χ0n) is 10.9. The van der Waals surface area contributed by atoms with E-state index in [1.54, 1.807) is 19.2 Å². The standard InChI is InChI=1S/C16H15FO2/c1-10-7-11-8-12(18-2)9-14(16(11)19-10)13-5-3-4-6-15(13)17/h3-6,8-10H,7H2,1-2H3. The van der Waals surface area contributed by atoms with Crippen LogP contribution in [-0.4, -0.2) is 13.2 Å². The molecular formula is C16H15FO2. The molecular weight excluding hydrogens is 243 g/mol. The molecule has 1 aliphatic heterocycles. The molecule has 0 aromatic heterocycles. The predicted molar refractivity (Wildman–Crippen MR) is 72.2 cm³/mol. The fourth-order valence-electron chi connectivity index (χ4n) is 2.50. The molecule has 19 heavy (non-hydrogen) atoms. The summed E-state index contributed by atoms with van der Waals surface area (Å²) in [4.78, 5) is 0. The maximum Gasteiger partial charge on any atom is 0.131 e. The molecule has 1 unspecified atom stereocenters. The van der Waals surface area contributed by atoms with E-state index in [9.17, 15) is 4.39 Å². The van der Waals surface area contributed by atoms with Crippen molar-refractivity contribution in [3.63, 3.8) is 0 Å². The number of halogens is 1. The van der Waals surface area contributed by atoms with Gasteiger partial charge in [-0.25, -0.2) is 4.39 Å². The molecule has 0 amide bonds. The Hall–Kier alpha value is -2.03. The second-order valence-electron chi connectivity index (χ2n) is 4.78. The van der Waals surface area contributed by atoms with Crippen LogP contribution in [0.15, 0.2) is 36.4 Å². The average Bonchev–Trinajstić information content (AvgIpc) is 2.78. The molecule has 0 spiro atoms. The summed E-state index contributed by atoms with van der Waals surface area (Å²) in [6, 6.07) is 10.5. The maximum absolute atomic E-state index is 14.0. The minimum Gasteiger partial charge on any atom is -0.497 e. The summed E-state index contributed by atoms with van der Waals surface area (Å²) in [6.45, 7) is 2.01. The number of fused-ring (bicyclic) bond motifs is 1. The van der Waals surface area contributed by atoms with Gasteiger partial charge in [0.1, 0.15) is 23.4 Å².